The van der Waals surface area contributed by atoms with Crippen LogP contribution in [-0.2, 0) is 11.3 Å². The van der Waals surface area contributed by atoms with Gasteiger partial charge in [-0.3, -0.25) is 9.69 Å². The molecular formula is C32H33N7O6S. The number of aromatic carboxylic acids is 1. The number of carbonyl (C=O) groups excluding carboxylic acids is 2. The van der Waals surface area contributed by atoms with Gasteiger partial charge in [-0.05, 0) is 89.5 Å². The van der Waals surface area contributed by atoms with E-state index >= 15 is 0 Å². The third-order valence-corrected chi connectivity index (χ3v) is 9.09. The third kappa shape index (κ3) is 7.88. The molecule has 13 nitrogen and oxygen atoms in total. The van der Waals surface area contributed by atoms with Gasteiger partial charge in [-0.2, -0.15) is 4.68 Å². The number of piperidine rings is 1. The molecule has 0 bridgehead atoms. The summed E-state index contributed by atoms with van der Waals surface area (Å²) in [7, 11) is 0. The number of carboxylic acid groups (broad SMARTS) is 1. The molecule has 2 aliphatic heterocycles. The lowest BCUT2D eigenvalue weighted by molar-refractivity contribution is 0.0342. The first kappa shape index (κ1) is 31.2. The number of carboxylic acids is 1. The Morgan fingerprint density at radius 3 is 2.24 bits per heavy atom. The molecule has 0 spiro atoms. The average Bonchev–Trinajstić information content (AvgIpc) is 3.55. The van der Waals surface area contributed by atoms with Gasteiger partial charge in [0.2, 0.25) is 5.16 Å². The van der Waals surface area contributed by atoms with Gasteiger partial charge in [0, 0.05) is 49.2 Å². The molecule has 2 fully saturated rings. The van der Waals surface area contributed by atoms with Crippen molar-refractivity contribution in [2.24, 2.45) is 0 Å². The molecule has 6 rings (SSSR count). The van der Waals surface area contributed by atoms with Gasteiger partial charge in [-0.1, -0.05) is 23.9 Å². The zero-order chi connectivity index (χ0) is 31.9. The molecule has 2 N–H and O–H groups in total. The standard InChI is InChI=1S/C32H33N7O6S/c40-29(23-3-1-22(2-4-23)21-37-17-19-44-20-18-37)33-25-7-11-27(12-8-25)45-32(43)38-15-13-28(14-16-38)46-31-34-35-36-39(31)26-9-5-24(6-10-26)30(41)42/h1-12,28H,13-21H2,(H,33,40)(H,41,42). The number of amides is 2. The van der Waals surface area contributed by atoms with Crippen molar-refractivity contribution in [2.45, 2.75) is 29.8 Å². The van der Waals surface area contributed by atoms with Crippen LogP contribution in [0.4, 0.5) is 10.5 Å². The monoisotopic (exact) mass is 643 g/mol. The summed E-state index contributed by atoms with van der Waals surface area (Å²) in [6.45, 7) is 5.18. The minimum atomic E-state index is -0.999. The second kappa shape index (κ2) is 14.5. The number of ether oxygens (including phenoxy) is 2. The number of hydrogen-bond acceptors (Lipinski definition) is 10. The molecule has 2 aliphatic rings. The van der Waals surface area contributed by atoms with Gasteiger partial charge in [0.05, 0.1) is 24.5 Å². The Balaban J connectivity index is 0.951. The Hall–Kier alpha value is -4.79. The number of nitrogens with zero attached hydrogens (tertiary/aromatic N) is 6. The van der Waals surface area contributed by atoms with Crippen LogP contribution in [0, 0.1) is 0 Å². The number of carbonyl (C=O) groups is 3. The van der Waals surface area contributed by atoms with E-state index in [4.69, 9.17) is 14.6 Å². The number of nitrogens with one attached hydrogen (secondary N) is 1. The third-order valence-electron chi connectivity index (χ3n) is 7.82. The van der Waals surface area contributed by atoms with Crippen molar-refractivity contribution in [1.29, 1.82) is 0 Å². The van der Waals surface area contributed by atoms with Crippen LogP contribution in [0.2, 0.25) is 0 Å². The van der Waals surface area contributed by atoms with Crippen LogP contribution in [0.15, 0.2) is 78.0 Å². The van der Waals surface area contributed by atoms with E-state index in [0.29, 0.717) is 40.9 Å². The summed E-state index contributed by atoms with van der Waals surface area (Å²) in [5.74, 6) is -0.824. The van der Waals surface area contributed by atoms with Crippen molar-refractivity contribution in [3.8, 4) is 11.4 Å². The van der Waals surface area contributed by atoms with Crippen LogP contribution in [0.25, 0.3) is 5.69 Å². The SMILES string of the molecule is O=C(O)c1ccc(-n2nnnc2SC2CCN(C(=O)Oc3ccc(NC(=O)c4ccc(CN5CCOCC5)cc4)cc3)CC2)cc1. The first-order valence-electron chi connectivity index (χ1n) is 15.0. The number of rotatable bonds is 9. The van der Waals surface area contributed by atoms with Gasteiger partial charge in [0.1, 0.15) is 5.75 Å². The van der Waals surface area contributed by atoms with Gasteiger partial charge in [-0.15, -0.1) is 5.10 Å². The molecule has 0 unspecified atom stereocenters. The smallest absolute Gasteiger partial charge is 0.415 e. The number of morpholine rings is 1. The van der Waals surface area contributed by atoms with Gasteiger partial charge < -0.3 is 24.8 Å². The summed E-state index contributed by atoms with van der Waals surface area (Å²) in [5.41, 5.74) is 3.16. The molecule has 14 heteroatoms. The Labute approximate surface area is 269 Å². The quantitative estimate of drug-likeness (QED) is 0.270. The molecular weight excluding hydrogens is 610 g/mol. The normalized spacial score (nSPS) is 15.8. The van der Waals surface area contributed by atoms with Crippen LogP contribution < -0.4 is 10.1 Å². The van der Waals surface area contributed by atoms with Crippen molar-refractivity contribution < 1.29 is 29.0 Å². The summed E-state index contributed by atoms with van der Waals surface area (Å²) in [5, 5.41) is 24.8. The highest BCUT2D eigenvalue weighted by molar-refractivity contribution is 7.99. The first-order chi connectivity index (χ1) is 22.4. The molecule has 0 aliphatic carbocycles. The van der Waals surface area contributed by atoms with E-state index in [2.05, 4.69) is 25.7 Å². The Bertz CT molecular complexity index is 1650. The lowest BCUT2D eigenvalue weighted by Gasteiger charge is -2.30. The maximum absolute atomic E-state index is 12.8. The molecule has 3 aromatic carbocycles. The minimum absolute atomic E-state index is 0.185. The maximum atomic E-state index is 12.8. The van der Waals surface area contributed by atoms with Crippen LogP contribution >= 0.6 is 11.8 Å². The van der Waals surface area contributed by atoms with Gasteiger partial charge >= 0.3 is 12.1 Å². The van der Waals surface area contributed by atoms with Crippen LogP contribution in [0.5, 0.6) is 5.75 Å². The second-order valence-corrected chi connectivity index (χ2v) is 12.2. The number of anilines is 1. The van der Waals surface area contributed by atoms with Crippen LogP contribution in [-0.4, -0.2) is 97.7 Å². The molecule has 0 radical (unpaired) electrons. The summed E-state index contributed by atoms with van der Waals surface area (Å²) in [4.78, 5) is 40.8. The molecule has 0 atom stereocenters. The van der Waals surface area contributed by atoms with E-state index in [9.17, 15) is 14.4 Å². The van der Waals surface area contributed by atoms with Gasteiger partial charge in [0.15, 0.2) is 0 Å². The molecule has 3 heterocycles. The highest BCUT2D eigenvalue weighted by Crippen LogP contribution is 2.30. The van der Waals surface area contributed by atoms with E-state index in [1.807, 2.05) is 24.3 Å². The van der Waals surface area contributed by atoms with Crippen LogP contribution in [0.3, 0.4) is 0 Å². The van der Waals surface area contributed by atoms with E-state index < -0.39 is 12.1 Å². The van der Waals surface area contributed by atoms with Crippen molar-refractivity contribution in [3.05, 3.63) is 89.5 Å². The summed E-state index contributed by atoms with van der Waals surface area (Å²) in [6, 6.07) is 20.7. The predicted octanol–water partition coefficient (Wildman–Crippen LogP) is 4.20. The molecule has 46 heavy (non-hydrogen) atoms. The number of thioether (sulfide) groups is 1. The van der Waals surface area contributed by atoms with Crippen molar-refractivity contribution in [1.82, 2.24) is 30.0 Å². The van der Waals surface area contributed by atoms with Crippen molar-refractivity contribution in [2.75, 3.05) is 44.7 Å². The fraction of sp³-hybridized carbons (Fsp3) is 0.312. The summed E-state index contributed by atoms with van der Waals surface area (Å²) in [6.07, 6.45) is 1.02. The molecule has 2 amide bonds. The van der Waals surface area contributed by atoms with E-state index in [1.165, 1.54) is 23.9 Å². The zero-order valence-corrected chi connectivity index (χ0v) is 25.8. The average molecular weight is 644 g/mol. The van der Waals surface area contributed by atoms with Crippen molar-refractivity contribution >= 4 is 35.4 Å². The van der Waals surface area contributed by atoms with Gasteiger partial charge in [-0.25, -0.2) is 9.59 Å². The molecule has 0 saturated carbocycles. The minimum Gasteiger partial charge on any atom is -0.478 e. The highest BCUT2D eigenvalue weighted by atomic mass is 32.2. The lowest BCUT2D eigenvalue weighted by Crippen LogP contribution is -2.41. The van der Waals surface area contributed by atoms with E-state index in [0.717, 1.165) is 51.3 Å². The van der Waals surface area contributed by atoms with Crippen molar-refractivity contribution in [3.63, 3.8) is 0 Å². The molecule has 2 saturated heterocycles. The highest BCUT2D eigenvalue weighted by Gasteiger charge is 2.26. The number of tetrazole rings is 1. The molecule has 1 aromatic heterocycles. The van der Waals surface area contributed by atoms with Crippen LogP contribution in [0.1, 0.15) is 39.1 Å². The van der Waals surface area contributed by atoms with Gasteiger partial charge in [0.25, 0.3) is 5.91 Å². The number of aromatic nitrogens is 4. The van der Waals surface area contributed by atoms with E-state index in [1.54, 1.807) is 46.0 Å². The Kier molecular flexibility index (Phi) is 9.86. The largest absolute Gasteiger partial charge is 0.478 e. The fourth-order valence-electron chi connectivity index (χ4n) is 5.22. The number of hydrogen-bond donors (Lipinski definition) is 2. The Morgan fingerprint density at radius 1 is 0.891 bits per heavy atom. The Morgan fingerprint density at radius 2 is 1.57 bits per heavy atom. The maximum Gasteiger partial charge on any atom is 0.415 e. The summed E-state index contributed by atoms with van der Waals surface area (Å²) >= 11 is 1.52. The molecule has 238 valence electrons. The lowest BCUT2D eigenvalue weighted by atomic mass is 10.1. The number of likely N-dealkylation sites (tertiary alicyclic amines) is 1. The fourth-order valence-corrected chi connectivity index (χ4v) is 6.29. The first-order valence-corrected chi connectivity index (χ1v) is 15.9. The summed E-state index contributed by atoms with van der Waals surface area (Å²) < 4.78 is 12.6. The second-order valence-electron chi connectivity index (χ2n) is 11.0. The predicted molar refractivity (Wildman–Crippen MR) is 170 cm³/mol. The van der Waals surface area contributed by atoms with E-state index in [-0.39, 0.29) is 16.7 Å². The molecule has 4 aromatic rings. The topological polar surface area (TPSA) is 152 Å². The zero-order valence-electron chi connectivity index (χ0n) is 24.9. The number of benzene rings is 3.